The van der Waals surface area contributed by atoms with E-state index in [1.54, 1.807) is 6.92 Å². The first-order valence-electron chi connectivity index (χ1n) is 6.25. The van der Waals surface area contributed by atoms with E-state index in [1.807, 2.05) is 27.7 Å². The Kier molecular flexibility index (Phi) is 3.62. The van der Waals surface area contributed by atoms with Crippen molar-refractivity contribution in [2.45, 2.75) is 58.2 Å². The van der Waals surface area contributed by atoms with E-state index in [0.29, 0.717) is 6.42 Å². The molecule has 3 atom stereocenters. The van der Waals surface area contributed by atoms with Crippen molar-refractivity contribution in [3.05, 3.63) is 0 Å². The fraction of sp³-hybridized carbons (Fsp3) is 0.846. The Hall–Kier alpha value is -0.940. The first-order chi connectivity index (χ1) is 7.96. The molecule has 1 saturated heterocycles. The molecule has 1 fully saturated rings. The van der Waals surface area contributed by atoms with Gasteiger partial charge in [0, 0.05) is 23.2 Å². The summed E-state index contributed by atoms with van der Waals surface area (Å²) in [6, 6.07) is 0. The van der Waals surface area contributed by atoms with Crippen LogP contribution in [-0.4, -0.2) is 34.4 Å². The molecule has 1 rings (SSSR count). The standard InChI is InChI=1S/C13H25N3O2/c1-11(2)6-8(9(17)12(3,4)16-11)13(5,7-14)10(15)18/h7-9,14,16-17H,6H2,1-5H3,(H2,15,18). The van der Waals surface area contributed by atoms with Crippen LogP contribution in [0, 0.1) is 16.7 Å². The topological polar surface area (TPSA) is 99.2 Å². The Bertz CT molecular complexity index is 365. The Morgan fingerprint density at radius 3 is 2.39 bits per heavy atom. The summed E-state index contributed by atoms with van der Waals surface area (Å²) < 4.78 is 0. The van der Waals surface area contributed by atoms with Crippen LogP contribution in [0.4, 0.5) is 0 Å². The van der Waals surface area contributed by atoms with Gasteiger partial charge in [0.1, 0.15) is 0 Å². The number of hydrogen-bond donors (Lipinski definition) is 4. The highest BCUT2D eigenvalue weighted by Gasteiger charge is 2.53. The minimum atomic E-state index is -1.12. The van der Waals surface area contributed by atoms with Gasteiger partial charge >= 0.3 is 0 Å². The molecule has 0 aromatic rings. The summed E-state index contributed by atoms with van der Waals surface area (Å²) >= 11 is 0. The molecule has 5 N–H and O–H groups in total. The fourth-order valence-corrected chi connectivity index (χ4v) is 3.06. The van der Waals surface area contributed by atoms with Gasteiger partial charge in [-0.3, -0.25) is 4.79 Å². The second kappa shape index (κ2) is 4.31. The van der Waals surface area contributed by atoms with Crippen molar-refractivity contribution in [2.75, 3.05) is 0 Å². The second-order valence-electron chi connectivity index (χ2n) is 6.78. The van der Waals surface area contributed by atoms with Gasteiger partial charge in [-0.25, -0.2) is 0 Å². The minimum absolute atomic E-state index is 0.215. The van der Waals surface area contributed by atoms with Gasteiger partial charge in [0.15, 0.2) is 0 Å². The quantitative estimate of drug-likeness (QED) is 0.557. The molecule has 0 spiro atoms. The lowest BCUT2D eigenvalue weighted by Gasteiger charge is -2.53. The Labute approximate surface area is 109 Å². The number of piperidine rings is 1. The molecule has 0 bridgehead atoms. The largest absolute Gasteiger partial charge is 0.391 e. The molecule has 1 aliphatic heterocycles. The number of carbonyl (C=O) groups is 1. The molecule has 3 unspecified atom stereocenters. The van der Waals surface area contributed by atoms with E-state index < -0.39 is 23.0 Å². The Morgan fingerprint density at radius 1 is 1.50 bits per heavy atom. The Morgan fingerprint density at radius 2 is 2.00 bits per heavy atom. The van der Waals surface area contributed by atoms with Crippen LogP contribution in [0.5, 0.6) is 0 Å². The zero-order valence-electron chi connectivity index (χ0n) is 11.9. The maximum Gasteiger partial charge on any atom is 0.229 e. The van der Waals surface area contributed by atoms with E-state index in [9.17, 15) is 9.90 Å². The molecule has 18 heavy (non-hydrogen) atoms. The summed E-state index contributed by atoms with van der Waals surface area (Å²) in [6.45, 7) is 9.49. The van der Waals surface area contributed by atoms with Gasteiger partial charge in [-0.1, -0.05) is 0 Å². The molecule has 0 aromatic carbocycles. The normalized spacial score (nSPS) is 33.4. The highest BCUT2D eigenvalue weighted by Crippen LogP contribution is 2.42. The molecule has 5 nitrogen and oxygen atoms in total. The van der Waals surface area contributed by atoms with E-state index >= 15 is 0 Å². The number of hydrogen-bond acceptors (Lipinski definition) is 4. The Balaban J connectivity index is 3.21. The fourth-order valence-electron chi connectivity index (χ4n) is 3.06. The zero-order valence-corrected chi connectivity index (χ0v) is 11.9. The maximum absolute atomic E-state index is 11.7. The minimum Gasteiger partial charge on any atom is -0.391 e. The van der Waals surface area contributed by atoms with Crippen LogP contribution in [-0.2, 0) is 4.79 Å². The van der Waals surface area contributed by atoms with Crippen LogP contribution in [0.1, 0.15) is 41.0 Å². The van der Waals surface area contributed by atoms with Crippen LogP contribution in [0.15, 0.2) is 0 Å². The van der Waals surface area contributed by atoms with Gasteiger partial charge in [0.25, 0.3) is 0 Å². The summed E-state index contributed by atoms with van der Waals surface area (Å²) in [5, 5.41) is 21.4. The molecule has 0 saturated carbocycles. The molecule has 5 heteroatoms. The molecule has 104 valence electrons. The smallest absolute Gasteiger partial charge is 0.229 e. The molecule has 0 aliphatic carbocycles. The van der Waals surface area contributed by atoms with Gasteiger partial charge in [-0.15, -0.1) is 0 Å². The first-order valence-corrected chi connectivity index (χ1v) is 6.25. The molecule has 1 amide bonds. The lowest BCUT2D eigenvalue weighted by molar-refractivity contribution is -0.133. The predicted molar refractivity (Wildman–Crippen MR) is 71.5 cm³/mol. The van der Waals surface area contributed by atoms with Crippen molar-refractivity contribution in [2.24, 2.45) is 17.1 Å². The summed E-state index contributed by atoms with van der Waals surface area (Å²) in [4.78, 5) is 11.7. The molecular weight excluding hydrogens is 230 g/mol. The van der Waals surface area contributed by atoms with Crippen molar-refractivity contribution < 1.29 is 9.90 Å². The molecule has 0 radical (unpaired) electrons. The lowest BCUT2D eigenvalue weighted by Crippen LogP contribution is -2.68. The summed E-state index contributed by atoms with van der Waals surface area (Å²) in [7, 11) is 0. The van der Waals surface area contributed by atoms with Crippen LogP contribution in [0.2, 0.25) is 0 Å². The van der Waals surface area contributed by atoms with E-state index in [2.05, 4.69) is 5.32 Å². The van der Waals surface area contributed by atoms with Crippen molar-refractivity contribution in [1.29, 1.82) is 5.41 Å². The van der Waals surface area contributed by atoms with Crippen molar-refractivity contribution in [3.8, 4) is 0 Å². The highest BCUT2D eigenvalue weighted by molar-refractivity contribution is 5.96. The van der Waals surface area contributed by atoms with E-state index in [-0.39, 0.29) is 11.5 Å². The van der Waals surface area contributed by atoms with Gasteiger partial charge in [-0.05, 0) is 41.0 Å². The van der Waals surface area contributed by atoms with Crippen molar-refractivity contribution in [1.82, 2.24) is 5.32 Å². The van der Waals surface area contributed by atoms with Crippen LogP contribution in [0.25, 0.3) is 0 Å². The summed E-state index contributed by atoms with van der Waals surface area (Å²) in [5.74, 6) is -0.922. The number of nitrogens with one attached hydrogen (secondary N) is 2. The first kappa shape index (κ1) is 15.1. The predicted octanol–water partition coefficient (Wildman–Crippen LogP) is 0.655. The average molecular weight is 255 g/mol. The molecule has 0 aromatic heterocycles. The third-order valence-electron chi connectivity index (χ3n) is 4.11. The average Bonchev–Trinajstić information content (AvgIpc) is 2.20. The molecule has 1 aliphatic rings. The van der Waals surface area contributed by atoms with Crippen molar-refractivity contribution >= 4 is 12.1 Å². The molecule has 1 heterocycles. The zero-order chi connectivity index (χ0) is 14.4. The van der Waals surface area contributed by atoms with Gasteiger partial charge in [0.2, 0.25) is 5.91 Å². The monoisotopic (exact) mass is 255 g/mol. The number of carbonyl (C=O) groups excluding carboxylic acids is 1. The lowest BCUT2D eigenvalue weighted by atomic mass is 9.62. The third-order valence-corrected chi connectivity index (χ3v) is 4.11. The number of rotatable bonds is 3. The van der Waals surface area contributed by atoms with Gasteiger partial charge in [0.05, 0.1) is 11.5 Å². The SMILES string of the molecule is CC1(C)CC(C(C)(C=N)C(N)=O)C(O)C(C)(C)N1. The number of aliphatic hydroxyl groups is 1. The van der Waals surface area contributed by atoms with Crippen LogP contribution < -0.4 is 11.1 Å². The van der Waals surface area contributed by atoms with Crippen molar-refractivity contribution in [3.63, 3.8) is 0 Å². The number of primary amides is 1. The van der Waals surface area contributed by atoms with E-state index in [0.717, 1.165) is 6.21 Å². The molecular formula is C13H25N3O2. The maximum atomic E-state index is 11.7. The number of aliphatic hydroxyl groups excluding tert-OH is 1. The summed E-state index contributed by atoms with van der Waals surface area (Å²) in [6.07, 6.45) is 0.928. The van der Waals surface area contributed by atoms with Crippen LogP contribution >= 0.6 is 0 Å². The van der Waals surface area contributed by atoms with E-state index in [1.165, 1.54) is 0 Å². The number of amides is 1. The van der Waals surface area contributed by atoms with E-state index in [4.69, 9.17) is 11.1 Å². The van der Waals surface area contributed by atoms with Gasteiger partial charge in [-0.2, -0.15) is 0 Å². The summed E-state index contributed by atoms with van der Waals surface area (Å²) in [5.41, 5.74) is 3.58. The van der Waals surface area contributed by atoms with Gasteiger partial charge < -0.3 is 21.6 Å². The number of nitrogens with two attached hydrogens (primary N) is 1. The second-order valence-corrected chi connectivity index (χ2v) is 6.78. The third kappa shape index (κ3) is 2.42. The highest BCUT2D eigenvalue weighted by atomic mass is 16.3. The van der Waals surface area contributed by atoms with Crippen LogP contribution in [0.3, 0.4) is 0 Å².